The number of nitrogens with zero attached hydrogens (tertiary/aromatic N) is 1. The van der Waals surface area contributed by atoms with E-state index in [4.69, 9.17) is 5.11 Å². The molecule has 0 bridgehead atoms. The van der Waals surface area contributed by atoms with Crippen LogP contribution >= 0.6 is 15.9 Å². The second kappa shape index (κ2) is 7.37. The molecule has 7 heteroatoms. The van der Waals surface area contributed by atoms with Gasteiger partial charge in [-0.25, -0.2) is 5.43 Å². The Bertz CT molecular complexity index is 697. The van der Waals surface area contributed by atoms with Crippen molar-refractivity contribution >= 4 is 39.6 Å². The van der Waals surface area contributed by atoms with Crippen LogP contribution in [-0.4, -0.2) is 23.1 Å². The number of nitrogens with one attached hydrogen (secondary N) is 2. The van der Waals surface area contributed by atoms with Crippen LogP contribution in [0, 0.1) is 0 Å². The van der Waals surface area contributed by atoms with E-state index in [0.29, 0.717) is 11.3 Å². The van der Waals surface area contributed by atoms with E-state index in [1.807, 2.05) is 0 Å². The normalized spacial score (nSPS) is 10.4. The number of rotatable bonds is 3. The average molecular weight is 362 g/mol. The largest absolute Gasteiger partial charge is 0.508 e. The first-order valence-corrected chi connectivity index (χ1v) is 7.03. The van der Waals surface area contributed by atoms with Crippen LogP contribution in [0.15, 0.2) is 58.1 Å². The van der Waals surface area contributed by atoms with Gasteiger partial charge in [-0.05, 0) is 54.1 Å². The second-order valence-electron chi connectivity index (χ2n) is 4.25. The quantitative estimate of drug-likeness (QED) is 0.444. The molecule has 2 aromatic rings. The first-order valence-electron chi connectivity index (χ1n) is 6.23. The van der Waals surface area contributed by atoms with Gasteiger partial charge in [-0.3, -0.25) is 9.59 Å². The third kappa shape index (κ3) is 4.71. The van der Waals surface area contributed by atoms with Crippen molar-refractivity contribution in [1.29, 1.82) is 0 Å². The minimum atomic E-state index is -0.877. The minimum Gasteiger partial charge on any atom is -0.508 e. The van der Waals surface area contributed by atoms with Gasteiger partial charge in [0.15, 0.2) is 0 Å². The highest BCUT2D eigenvalue weighted by atomic mass is 79.9. The number of hydrogen-bond acceptors (Lipinski definition) is 4. The molecule has 22 heavy (non-hydrogen) atoms. The minimum absolute atomic E-state index is 0.134. The fraction of sp³-hybridized carbons (Fsp3) is 0. The molecular formula is C15H12BrN3O3. The highest BCUT2D eigenvalue weighted by Crippen LogP contribution is 2.13. The van der Waals surface area contributed by atoms with Gasteiger partial charge in [0, 0.05) is 10.2 Å². The van der Waals surface area contributed by atoms with E-state index >= 15 is 0 Å². The lowest BCUT2D eigenvalue weighted by atomic mass is 10.2. The molecule has 0 aliphatic heterocycles. The summed E-state index contributed by atoms with van der Waals surface area (Å²) < 4.78 is 0.869. The Morgan fingerprint density at radius 2 is 1.64 bits per heavy atom. The van der Waals surface area contributed by atoms with Crippen molar-refractivity contribution in [3.8, 4) is 5.75 Å². The number of halogens is 1. The first-order chi connectivity index (χ1) is 10.5. The molecule has 2 aromatic carbocycles. The van der Waals surface area contributed by atoms with Gasteiger partial charge in [0.25, 0.3) is 0 Å². The predicted octanol–water partition coefficient (Wildman–Crippen LogP) is 2.24. The summed E-state index contributed by atoms with van der Waals surface area (Å²) >= 11 is 3.27. The summed E-state index contributed by atoms with van der Waals surface area (Å²) in [6.45, 7) is 0. The maximum Gasteiger partial charge on any atom is 0.329 e. The van der Waals surface area contributed by atoms with Crippen molar-refractivity contribution < 1.29 is 14.7 Å². The molecular weight excluding hydrogens is 350 g/mol. The monoisotopic (exact) mass is 361 g/mol. The first kappa shape index (κ1) is 15.7. The van der Waals surface area contributed by atoms with Gasteiger partial charge in [-0.2, -0.15) is 5.10 Å². The van der Waals surface area contributed by atoms with E-state index in [1.165, 1.54) is 18.3 Å². The van der Waals surface area contributed by atoms with Crippen LogP contribution in [-0.2, 0) is 9.59 Å². The van der Waals surface area contributed by atoms with Crippen LogP contribution in [0.2, 0.25) is 0 Å². The topological polar surface area (TPSA) is 90.8 Å². The number of phenolic OH excluding ortho intramolecular Hbond substituents is 1. The van der Waals surface area contributed by atoms with Gasteiger partial charge in [0.2, 0.25) is 0 Å². The van der Waals surface area contributed by atoms with Gasteiger partial charge in [-0.15, -0.1) is 0 Å². The zero-order valence-electron chi connectivity index (χ0n) is 11.3. The van der Waals surface area contributed by atoms with Crippen molar-refractivity contribution in [2.24, 2.45) is 5.10 Å². The smallest absolute Gasteiger partial charge is 0.329 e. The van der Waals surface area contributed by atoms with Gasteiger partial charge in [0.05, 0.1) is 6.21 Å². The number of hydrazone groups is 1. The highest BCUT2D eigenvalue weighted by molar-refractivity contribution is 9.10. The van der Waals surface area contributed by atoms with E-state index in [1.54, 1.807) is 36.4 Å². The zero-order valence-corrected chi connectivity index (χ0v) is 12.9. The van der Waals surface area contributed by atoms with Crippen LogP contribution in [0.5, 0.6) is 5.75 Å². The number of hydrogen-bond donors (Lipinski definition) is 3. The molecule has 6 nitrogen and oxygen atoms in total. The van der Waals surface area contributed by atoms with Crippen molar-refractivity contribution in [3.05, 3.63) is 58.6 Å². The SMILES string of the molecule is O=C(NN=Cc1ccc(O)cc1)C(=O)Nc1ccc(Br)cc1. The average Bonchev–Trinajstić information content (AvgIpc) is 2.51. The Hall–Kier alpha value is -2.67. The summed E-state index contributed by atoms with van der Waals surface area (Å²) in [7, 11) is 0. The summed E-state index contributed by atoms with van der Waals surface area (Å²) in [5, 5.41) is 15.3. The van der Waals surface area contributed by atoms with E-state index in [0.717, 1.165) is 4.47 Å². The van der Waals surface area contributed by atoms with Gasteiger partial charge in [0.1, 0.15) is 5.75 Å². The molecule has 0 radical (unpaired) electrons. The molecule has 0 atom stereocenters. The molecule has 3 N–H and O–H groups in total. The summed E-state index contributed by atoms with van der Waals surface area (Å²) in [5.74, 6) is -1.56. The van der Waals surface area contributed by atoms with Crippen molar-refractivity contribution in [2.45, 2.75) is 0 Å². The molecule has 0 aliphatic rings. The Kier molecular flexibility index (Phi) is 5.26. The maximum absolute atomic E-state index is 11.6. The lowest BCUT2D eigenvalue weighted by Gasteiger charge is -2.03. The second-order valence-corrected chi connectivity index (χ2v) is 5.17. The van der Waals surface area contributed by atoms with Crippen LogP contribution in [0.4, 0.5) is 5.69 Å². The van der Waals surface area contributed by atoms with Crippen LogP contribution in [0.1, 0.15) is 5.56 Å². The molecule has 2 amide bonds. The number of amides is 2. The number of carbonyl (C=O) groups excluding carboxylic acids is 2. The lowest BCUT2D eigenvalue weighted by Crippen LogP contribution is -2.32. The predicted molar refractivity (Wildman–Crippen MR) is 86.6 cm³/mol. The van der Waals surface area contributed by atoms with Gasteiger partial charge >= 0.3 is 11.8 Å². The molecule has 0 fully saturated rings. The molecule has 2 rings (SSSR count). The molecule has 0 unspecified atom stereocenters. The van der Waals surface area contributed by atoms with Crippen molar-refractivity contribution in [2.75, 3.05) is 5.32 Å². The summed E-state index contributed by atoms with van der Waals surface area (Å²) in [5.41, 5.74) is 3.30. The van der Waals surface area contributed by atoms with E-state index < -0.39 is 11.8 Å². The standard InChI is InChI=1S/C15H12BrN3O3/c16-11-3-5-12(6-4-11)18-14(21)15(22)19-17-9-10-1-7-13(20)8-2-10/h1-9,20H,(H,18,21)(H,19,22). The van der Waals surface area contributed by atoms with Gasteiger partial charge < -0.3 is 10.4 Å². The van der Waals surface area contributed by atoms with E-state index in [-0.39, 0.29) is 5.75 Å². The van der Waals surface area contributed by atoms with Crippen LogP contribution < -0.4 is 10.7 Å². The number of aromatic hydroxyl groups is 1. The number of carbonyl (C=O) groups is 2. The van der Waals surface area contributed by atoms with Gasteiger partial charge in [-0.1, -0.05) is 15.9 Å². The number of phenols is 1. The number of benzene rings is 2. The third-order valence-corrected chi connectivity index (χ3v) is 3.11. The Balaban J connectivity index is 1.87. The van der Waals surface area contributed by atoms with Crippen molar-refractivity contribution in [1.82, 2.24) is 5.43 Å². The molecule has 0 aromatic heterocycles. The number of anilines is 1. The summed E-state index contributed by atoms with van der Waals surface area (Å²) in [6.07, 6.45) is 1.37. The highest BCUT2D eigenvalue weighted by Gasteiger charge is 2.12. The Morgan fingerprint density at radius 3 is 2.27 bits per heavy atom. The molecule has 0 saturated carbocycles. The zero-order chi connectivity index (χ0) is 15.9. The fourth-order valence-corrected chi connectivity index (χ4v) is 1.76. The molecule has 0 spiro atoms. The van der Waals surface area contributed by atoms with E-state index in [2.05, 4.69) is 31.8 Å². The molecule has 0 aliphatic carbocycles. The van der Waals surface area contributed by atoms with Crippen LogP contribution in [0.25, 0.3) is 0 Å². The van der Waals surface area contributed by atoms with Crippen LogP contribution in [0.3, 0.4) is 0 Å². The summed E-state index contributed by atoms with van der Waals surface area (Å²) in [4.78, 5) is 23.2. The summed E-state index contributed by atoms with van der Waals surface area (Å²) in [6, 6.07) is 13.0. The third-order valence-electron chi connectivity index (χ3n) is 2.58. The molecule has 0 saturated heterocycles. The lowest BCUT2D eigenvalue weighted by molar-refractivity contribution is -0.136. The molecule has 0 heterocycles. The fourth-order valence-electron chi connectivity index (χ4n) is 1.50. The van der Waals surface area contributed by atoms with E-state index in [9.17, 15) is 9.59 Å². The maximum atomic E-state index is 11.6. The Labute approximate surface area is 135 Å². The molecule has 112 valence electrons. The Morgan fingerprint density at radius 1 is 1.00 bits per heavy atom. The van der Waals surface area contributed by atoms with Crippen molar-refractivity contribution in [3.63, 3.8) is 0 Å².